The molecule has 1 saturated heterocycles. The normalized spacial score (nSPS) is 18.6. The highest BCUT2D eigenvalue weighted by Crippen LogP contribution is 2.26. The smallest absolute Gasteiger partial charge is 0.273 e. The summed E-state index contributed by atoms with van der Waals surface area (Å²) in [6.07, 6.45) is 2.87. The Labute approximate surface area is 157 Å². The molecule has 1 aliphatic rings. The Hall–Kier alpha value is -2.33. The molecule has 2 aromatic rings. The van der Waals surface area contributed by atoms with E-state index in [1.807, 2.05) is 13.8 Å². The van der Waals surface area contributed by atoms with Crippen molar-refractivity contribution in [1.29, 1.82) is 0 Å². The Morgan fingerprint density at radius 2 is 2.15 bits per heavy atom. The predicted molar refractivity (Wildman–Crippen MR) is 96.1 cm³/mol. The van der Waals surface area contributed by atoms with E-state index in [0.29, 0.717) is 19.4 Å². The minimum absolute atomic E-state index is 0.0239. The van der Waals surface area contributed by atoms with Gasteiger partial charge >= 0.3 is 0 Å². The van der Waals surface area contributed by atoms with Crippen molar-refractivity contribution >= 4 is 15.9 Å². The van der Waals surface area contributed by atoms with Crippen molar-refractivity contribution < 1.29 is 17.6 Å². The Morgan fingerprint density at radius 3 is 2.85 bits per heavy atom. The van der Waals surface area contributed by atoms with Crippen LogP contribution in [0.5, 0.6) is 0 Å². The van der Waals surface area contributed by atoms with Crippen LogP contribution in [0.3, 0.4) is 0 Å². The third-order valence-corrected chi connectivity index (χ3v) is 6.19. The number of carbonyl (C=O) groups excluding carboxylic acids is 1. The fourth-order valence-electron chi connectivity index (χ4n) is 3.03. The number of amides is 1. The number of benzene rings is 1. The second kappa shape index (κ2) is 7.73. The van der Waals surface area contributed by atoms with E-state index in [4.69, 9.17) is 0 Å². The summed E-state index contributed by atoms with van der Waals surface area (Å²) in [5.74, 6) is -0.919. The SMILES string of the molecule is CC(C)NC(=O)c1cn([C@H]2CCCN(S(=O)(=O)c3cccc(F)c3)C2)nn1. The molecule has 1 amide bonds. The highest BCUT2D eigenvalue weighted by atomic mass is 32.2. The van der Waals surface area contributed by atoms with Crippen LogP contribution in [0, 0.1) is 5.82 Å². The molecule has 1 aliphatic heterocycles. The van der Waals surface area contributed by atoms with Gasteiger partial charge in [0.15, 0.2) is 5.69 Å². The summed E-state index contributed by atoms with van der Waals surface area (Å²) in [5, 5.41) is 10.6. The Bertz CT molecular complexity index is 928. The van der Waals surface area contributed by atoms with E-state index in [0.717, 1.165) is 6.07 Å². The fourth-order valence-corrected chi connectivity index (χ4v) is 4.57. The number of hydrogen-bond acceptors (Lipinski definition) is 5. The predicted octanol–water partition coefficient (Wildman–Crippen LogP) is 1.58. The van der Waals surface area contributed by atoms with Crippen molar-refractivity contribution in [3.63, 3.8) is 0 Å². The second-order valence-electron chi connectivity index (χ2n) is 6.83. The molecule has 10 heteroatoms. The van der Waals surface area contributed by atoms with Gasteiger partial charge in [-0.25, -0.2) is 17.5 Å². The summed E-state index contributed by atoms with van der Waals surface area (Å²) < 4.78 is 41.9. The summed E-state index contributed by atoms with van der Waals surface area (Å²) >= 11 is 0. The number of halogens is 1. The van der Waals surface area contributed by atoms with Crippen molar-refractivity contribution in [2.24, 2.45) is 0 Å². The van der Waals surface area contributed by atoms with Gasteiger partial charge in [0, 0.05) is 19.1 Å². The topological polar surface area (TPSA) is 97.2 Å². The molecule has 0 aliphatic carbocycles. The molecule has 27 heavy (non-hydrogen) atoms. The van der Waals surface area contributed by atoms with Gasteiger partial charge in [-0.15, -0.1) is 5.10 Å². The molecule has 1 N–H and O–H groups in total. The molecule has 8 nitrogen and oxygen atoms in total. The van der Waals surface area contributed by atoms with Crippen LogP contribution in [0.1, 0.15) is 43.2 Å². The zero-order valence-corrected chi connectivity index (χ0v) is 16.0. The summed E-state index contributed by atoms with van der Waals surface area (Å²) in [4.78, 5) is 12.0. The zero-order valence-electron chi connectivity index (χ0n) is 15.2. The molecule has 146 valence electrons. The molecular formula is C17H22FN5O3S. The van der Waals surface area contributed by atoms with Crippen LogP contribution in [0.15, 0.2) is 35.4 Å². The lowest BCUT2D eigenvalue weighted by Gasteiger charge is -2.31. The monoisotopic (exact) mass is 395 g/mol. The molecule has 0 bridgehead atoms. The largest absolute Gasteiger partial charge is 0.348 e. The van der Waals surface area contributed by atoms with Gasteiger partial charge in [0.05, 0.1) is 17.1 Å². The van der Waals surface area contributed by atoms with Gasteiger partial charge in [0.25, 0.3) is 5.91 Å². The molecule has 0 saturated carbocycles. The highest BCUT2D eigenvalue weighted by Gasteiger charge is 2.32. The lowest BCUT2D eigenvalue weighted by molar-refractivity contribution is 0.0938. The maximum atomic E-state index is 13.4. The van der Waals surface area contributed by atoms with Crippen LogP contribution in [0.4, 0.5) is 4.39 Å². The summed E-state index contributed by atoms with van der Waals surface area (Å²) in [7, 11) is -3.80. The lowest BCUT2D eigenvalue weighted by Crippen LogP contribution is -2.40. The number of sulfonamides is 1. The first-order valence-electron chi connectivity index (χ1n) is 8.76. The van der Waals surface area contributed by atoms with Crippen molar-refractivity contribution in [1.82, 2.24) is 24.6 Å². The molecule has 2 heterocycles. The van der Waals surface area contributed by atoms with Crippen LogP contribution in [-0.4, -0.2) is 52.8 Å². The summed E-state index contributed by atoms with van der Waals surface area (Å²) in [5.41, 5.74) is 0.189. The van der Waals surface area contributed by atoms with E-state index in [1.54, 1.807) is 0 Å². The average molecular weight is 395 g/mol. The Kier molecular flexibility index (Phi) is 5.56. The highest BCUT2D eigenvalue weighted by molar-refractivity contribution is 7.89. The molecule has 1 aromatic heterocycles. The first kappa shape index (κ1) is 19.4. The molecule has 3 rings (SSSR count). The van der Waals surface area contributed by atoms with Gasteiger partial charge in [0.1, 0.15) is 5.82 Å². The van der Waals surface area contributed by atoms with E-state index >= 15 is 0 Å². The quantitative estimate of drug-likeness (QED) is 0.829. The van der Waals surface area contributed by atoms with Crippen molar-refractivity contribution in [2.75, 3.05) is 13.1 Å². The van der Waals surface area contributed by atoms with Crippen molar-refractivity contribution in [2.45, 2.75) is 43.7 Å². The number of piperidine rings is 1. The first-order valence-corrected chi connectivity index (χ1v) is 10.2. The van der Waals surface area contributed by atoms with E-state index in [9.17, 15) is 17.6 Å². The molecular weight excluding hydrogens is 373 g/mol. The molecule has 1 aromatic carbocycles. The van der Waals surface area contributed by atoms with Crippen LogP contribution < -0.4 is 5.32 Å². The van der Waals surface area contributed by atoms with Gasteiger partial charge in [-0.3, -0.25) is 4.79 Å². The number of nitrogens with zero attached hydrogens (tertiary/aromatic N) is 4. The van der Waals surface area contributed by atoms with E-state index < -0.39 is 15.8 Å². The van der Waals surface area contributed by atoms with Gasteiger partial charge in [-0.2, -0.15) is 4.31 Å². The van der Waals surface area contributed by atoms with E-state index in [2.05, 4.69) is 15.6 Å². The Morgan fingerprint density at radius 1 is 1.37 bits per heavy atom. The molecule has 0 spiro atoms. The number of aromatic nitrogens is 3. The van der Waals surface area contributed by atoms with Gasteiger partial charge in [0.2, 0.25) is 10.0 Å². The average Bonchev–Trinajstić information content (AvgIpc) is 3.11. The van der Waals surface area contributed by atoms with E-state index in [-0.39, 0.29) is 35.1 Å². The van der Waals surface area contributed by atoms with Crippen LogP contribution in [-0.2, 0) is 10.0 Å². The van der Waals surface area contributed by atoms with Gasteiger partial charge in [-0.05, 0) is 44.9 Å². The maximum Gasteiger partial charge on any atom is 0.273 e. The van der Waals surface area contributed by atoms with Crippen molar-refractivity contribution in [3.05, 3.63) is 42.0 Å². The number of carbonyl (C=O) groups is 1. The molecule has 1 atom stereocenters. The standard InChI is InChI=1S/C17H22FN5O3S/c1-12(2)19-17(24)16-11-23(21-20-16)14-6-4-8-22(10-14)27(25,26)15-7-3-5-13(18)9-15/h3,5,7,9,11-12,14H,4,6,8,10H2,1-2H3,(H,19,24)/t14-/m0/s1. The molecule has 0 radical (unpaired) electrons. The van der Waals surface area contributed by atoms with E-state index in [1.165, 1.54) is 33.4 Å². The van der Waals surface area contributed by atoms with Crippen molar-refractivity contribution in [3.8, 4) is 0 Å². The van der Waals surface area contributed by atoms with Gasteiger partial charge < -0.3 is 5.32 Å². The third kappa shape index (κ3) is 4.33. The van der Waals surface area contributed by atoms with Crippen LogP contribution >= 0.6 is 0 Å². The second-order valence-corrected chi connectivity index (χ2v) is 8.77. The van der Waals surface area contributed by atoms with Gasteiger partial charge in [-0.1, -0.05) is 11.3 Å². The summed E-state index contributed by atoms with van der Waals surface area (Å²) in [6.45, 7) is 4.23. The minimum Gasteiger partial charge on any atom is -0.348 e. The fraction of sp³-hybridized carbons (Fsp3) is 0.471. The first-order chi connectivity index (χ1) is 12.8. The number of rotatable bonds is 5. The maximum absolute atomic E-state index is 13.4. The number of hydrogen-bond donors (Lipinski definition) is 1. The van der Waals surface area contributed by atoms with Crippen LogP contribution in [0.25, 0.3) is 0 Å². The minimum atomic E-state index is -3.80. The summed E-state index contributed by atoms with van der Waals surface area (Å²) in [6, 6.07) is 4.71. The number of nitrogens with one attached hydrogen (secondary N) is 1. The lowest BCUT2D eigenvalue weighted by atomic mass is 10.1. The van der Waals surface area contributed by atoms with Crippen LogP contribution in [0.2, 0.25) is 0 Å². The third-order valence-electron chi connectivity index (χ3n) is 4.33. The molecule has 0 unspecified atom stereocenters. The zero-order chi connectivity index (χ0) is 19.6. The Balaban J connectivity index is 1.77. The molecule has 1 fully saturated rings.